The number of hydrogen-bond donors (Lipinski definition) is 2. The van der Waals surface area contributed by atoms with E-state index < -0.39 is 12.0 Å². The minimum atomic E-state index is -0.844. The summed E-state index contributed by atoms with van der Waals surface area (Å²) < 4.78 is 0.589. The molecular weight excluding hydrogens is 336 g/mol. The summed E-state index contributed by atoms with van der Waals surface area (Å²) in [6.07, 6.45) is 0. The van der Waals surface area contributed by atoms with Crippen LogP contribution >= 0.6 is 15.9 Å². The minimum absolute atomic E-state index is 0.121. The summed E-state index contributed by atoms with van der Waals surface area (Å²) in [5.41, 5.74) is 0.750. The second-order valence-electron chi connectivity index (χ2n) is 6.46. The number of rotatable bonds is 3. The van der Waals surface area contributed by atoms with Gasteiger partial charge in [0.2, 0.25) is 0 Å². The van der Waals surface area contributed by atoms with E-state index in [1.54, 1.807) is 0 Å². The van der Waals surface area contributed by atoms with Crippen molar-refractivity contribution in [1.82, 2.24) is 19.8 Å². The Morgan fingerprint density at radius 2 is 1.90 bits per heavy atom. The molecule has 2 N–H and O–H groups in total. The lowest BCUT2D eigenvalue weighted by Gasteiger charge is -2.43. The number of carboxylic acid groups (broad SMARTS) is 1. The Hall–Kier alpha value is -0.920. The summed E-state index contributed by atoms with van der Waals surface area (Å²) in [4.78, 5) is 23.4. The third-order valence-electron chi connectivity index (χ3n) is 3.94. The summed E-state index contributed by atoms with van der Waals surface area (Å²) in [6.45, 7) is 11.6. The lowest BCUT2D eigenvalue weighted by molar-refractivity contribution is -0.144. The van der Waals surface area contributed by atoms with Crippen LogP contribution in [0.3, 0.4) is 0 Å². The molecule has 0 amide bonds. The van der Waals surface area contributed by atoms with Crippen molar-refractivity contribution in [2.45, 2.75) is 39.3 Å². The summed E-state index contributed by atoms with van der Waals surface area (Å²) in [6, 6.07) is -0.678. The van der Waals surface area contributed by atoms with Crippen molar-refractivity contribution < 1.29 is 9.90 Å². The van der Waals surface area contributed by atoms with Crippen molar-refractivity contribution >= 4 is 21.9 Å². The van der Waals surface area contributed by atoms with Gasteiger partial charge in [-0.1, -0.05) is 0 Å². The number of nitrogens with one attached hydrogen (secondary N) is 1. The van der Waals surface area contributed by atoms with Crippen LogP contribution in [0.4, 0.5) is 0 Å². The van der Waals surface area contributed by atoms with Crippen LogP contribution in [0.2, 0.25) is 0 Å². The molecule has 7 heteroatoms. The first-order valence-corrected chi connectivity index (χ1v) is 7.93. The predicted octanol–water partition coefficient (Wildman–Crippen LogP) is 2.02. The monoisotopic (exact) mass is 358 g/mol. The lowest BCUT2D eigenvalue weighted by Crippen LogP contribution is -2.54. The third-order valence-corrected chi connectivity index (χ3v) is 4.54. The molecule has 1 saturated heterocycles. The van der Waals surface area contributed by atoms with E-state index in [1.165, 1.54) is 0 Å². The van der Waals surface area contributed by atoms with E-state index in [9.17, 15) is 9.90 Å². The topological polar surface area (TPSA) is 72.5 Å². The van der Waals surface area contributed by atoms with Gasteiger partial charge in [-0.15, -0.1) is 0 Å². The standard InChI is InChI=1S/C14H23BrN4O2/c1-9-16-10(12(15)17-9)11(13(20)21)18-5-7-19(8-6-18)14(2,3)4/h11H,5-8H2,1-4H3,(H,16,17)(H,20,21). The zero-order valence-corrected chi connectivity index (χ0v) is 14.6. The van der Waals surface area contributed by atoms with Gasteiger partial charge in [0.15, 0.2) is 6.04 Å². The van der Waals surface area contributed by atoms with Crippen molar-refractivity contribution in [2.24, 2.45) is 0 Å². The highest BCUT2D eigenvalue weighted by molar-refractivity contribution is 9.10. The average molecular weight is 359 g/mol. The molecule has 118 valence electrons. The lowest BCUT2D eigenvalue weighted by atomic mass is 10.0. The third kappa shape index (κ3) is 3.64. The summed E-state index contributed by atoms with van der Waals surface area (Å²) in [5.74, 6) is -0.125. The summed E-state index contributed by atoms with van der Waals surface area (Å²) in [5, 5.41) is 9.61. The average Bonchev–Trinajstić information content (AvgIpc) is 2.68. The first kappa shape index (κ1) is 16.5. The Morgan fingerprint density at radius 3 is 2.29 bits per heavy atom. The molecule has 0 aromatic carbocycles. The largest absolute Gasteiger partial charge is 0.480 e. The first-order valence-electron chi connectivity index (χ1n) is 7.14. The molecule has 1 aromatic rings. The first-order chi connectivity index (χ1) is 9.70. The maximum atomic E-state index is 11.7. The van der Waals surface area contributed by atoms with E-state index in [2.05, 4.69) is 51.6 Å². The smallest absolute Gasteiger partial charge is 0.327 e. The molecule has 2 rings (SSSR count). The molecular formula is C14H23BrN4O2. The molecule has 1 fully saturated rings. The maximum absolute atomic E-state index is 11.7. The van der Waals surface area contributed by atoms with Crippen LogP contribution in [0.5, 0.6) is 0 Å². The Labute approximate surface area is 133 Å². The van der Waals surface area contributed by atoms with Gasteiger partial charge >= 0.3 is 5.97 Å². The Bertz CT molecular complexity index is 516. The Kier molecular flexibility index (Phi) is 4.75. The van der Waals surface area contributed by atoms with Gasteiger partial charge in [-0.2, -0.15) is 0 Å². The van der Waals surface area contributed by atoms with Crippen molar-refractivity contribution in [2.75, 3.05) is 26.2 Å². The van der Waals surface area contributed by atoms with E-state index in [1.807, 2.05) is 11.8 Å². The van der Waals surface area contributed by atoms with Crippen LogP contribution in [0.25, 0.3) is 0 Å². The highest BCUT2D eigenvalue weighted by atomic mass is 79.9. The van der Waals surface area contributed by atoms with Gasteiger partial charge in [0, 0.05) is 31.7 Å². The van der Waals surface area contributed by atoms with E-state index in [-0.39, 0.29) is 5.54 Å². The van der Waals surface area contributed by atoms with Crippen LogP contribution in [0, 0.1) is 6.92 Å². The second-order valence-corrected chi connectivity index (χ2v) is 7.21. The molecule has 6 nitrogen and oxygen atoms in total. The van der Waals surface area contributed by atoms with Crippen LogP contribution < -0.4 is 0 Å². The predicted molar refractivity (Wildman–Crippen MR) is 84.3 cm³/mol. The molecule has 1 atom stereocenters. The SMILES string of the molecule is Cc1nc(Br)c(C(C(=O)O)N2CCN(C(C)(C)C)CC2)[nH]1. The molecule has 0 aliphatic carbocycles. The van der Waals surface area contributed by atoms with Gasteiger partial charge in [0.25, 0.3) is 0 Å². The van der Waals surface area contributed by atoms with Crippen molar-refractivity contribution in [3.8, 4) is 0 Å². The number of nitrogens with zero attached hydrogens (tertiary/aromatic N) is 3. The van der Waals surface area contributed by atoms with Gasteiger partial charge in [0.1, 0.15) is 10.4 Å². The molecule has 0 bridgehead atoms. The fourth-order valence-corrected chi connectivity index (χ4v) is 3.36. The number of aryl methyl sites for hydroxylation is 1. The molecule has 21 heavy (non-hydrogen) atoms. The normalized spacial score (nSPS) is 19.7. The highest BCUT2D eigenvalue weighted by Gasteiger charge is 2.35. The van der Waals surface area contributed by atoms with Crippen LogP contribution in [-0.4, -0.2) is 62.6 Å². The second kappa shape index (κ2) is 6.06. The van der Waals surface area contributed by atoms with E-state index in [4.69, 9.17) is 0 Å². The fraction of sp³-hybridized carbons (Fsp3) is 0.714. The van der Waals surface area contributed by atoms with Gasteiger partial charge in [-0.25, -0.2) is 4.98 Å². The van der Waals surface area contributed by atoms with Gasteiger partial charge in [-0.3, -0.25) is 14.6 Å². The van der Waals surface area contributed by atoms with Crippen molar-refractivity contribution in [3.05, 3.63) is 16.1 Å². The summed E-state index contributed by atoms with van der Waals surface area (Å²) >= 11 is 3.35. The zero-order valence-electron chi connectivity index (χ0n) is 13.0. The van der Waals surface area contributed by atoms with Gasteiger partial charge in [0.05, 0.1) is 5.69 Å². The van der Waals surface area contributed by atoms with Crippen LogP contribution in [-0.2, 0) is 4.79 Å². The Morgan fingerprint density at radius 1 is 1.33 bits per heavy atom. The quantitative estimate of drug-likeness (QED) is 0.864. The highest BCUT2D eigenvalue weighted by Crippen LogP contribution is 2.28. The fourth-order valence-electron chi connectivity index (χ4n) is 2.78. The summed E-state index contributed by atoms with van der Waals surface area (Å²) in [7, 11) is 0. The van der Waals surface area contributed by atoms with Crippen LogP contribution in [0.15, 0.2) is 4.60 Å². The number of aromatic nitrogens is 2. The molecule has 0 radical (unpaired) electrons. The molecule has 1 aromatic heterocycles. The van der Waals surface area contributed by atoms with E-state index in [0.717, 1.165) is 32.0 Å². The number of aliphatic carboxylic acids is 1. The number of halogens is 1. The number of carboxylic acids is 1. The number of hydrogen-bond acceptors (Lipinski definition) is 4. The number of aromatic amines is 1. The van der Waals surface area contributed by atoms with Crippen LogP contribution in [0.1, 0.15) is 38.3 Å². The minimum Gasteiger partial charge on any atom is -0.480 e. The molecule has 1 aliphatic heterocycles. The van der Waals surface area contributed by atoms with Crippen molar-refractivity contribution in [3.63, 3.8) is 0 Å². The molecule has 1 aliphatic rings. The van der Waals surface area contributed by atoms with Crippen molar-refractivity contribution in [1.29, 1.82) is 0 Å². The van der Waals surface area contributed by atoms with Gasteiger partial charge < -0.3 is 10.1 Å². The molecule has 2 heterocycles. The molecule has 0 saturated carbocycles. The van der Waals surface area contributed by atoms with E-state index >= 15 is 0 Å². The number of imidazole rings is 1. The molecule has 0 spiro atoms. The Balaban J connectivity index is 2.15. The van der Waals surface area contributed by atoms with E-state index in [0.29, 0.717) is 10.3 Å². The molecule has 1 unspecified atom stereocenters. The number of carbonyl (C=O) groups is 1. The van der Waals surface area contributed by atoms with Gasteiger partial charge in [-0.05, 0) is 43.6 Å². The maximum Gasteiger partial charge on any atom is 0.327 e. The zero-order chi connectivity index (χ0) is 15.8. The number of piperazine rings is 1. The number of H-pyrrole nitrogens is 1.